The average Bonchev–Trinajstić information content (AvgIpc) is 3.18. The number of hydrogen-bond acceptors (Lipinski definition) is 6. The van der Waals surface area contributed by atoms with E-state index in [9.17, 15) is 4.79 Å². The number of benzene rings is 2. The minimum atomic E-state index is 0.00377. The lowest BCUT2D eigenvalue weighted by molar-refractivity contribution is -0.130. The Labute approximate surface area is 192 Å². The molecule has 1 aromatic heterocycles. The van der Waals surface area contributed by atoms with Crippen LogP contribution in [0, 0.1) is 4.77 Å². The van der Waals surface area contributed by atoms with Gasteiger partial charge in [-0.05, 0) is 67.7 Å². The third kappa shape index (κ3) is 6.10. The van der Waals surface area contributed by atoms with Gasteiger partial charge in [0, 0.05) is 25.6 Å². The van der Waals surface area contributed by atoms with Gasteiger partial charge in [-0.15, -0.1) is 0 Å². The normalized spacial score (nSPS) is 10.6. The fourth-order valence-corrected chi connectivity index (χ4v) is 3.33. The SMILES string of the molecule is CCOc1ccc(-c2n[nH]c(=S)n2CCC(=O)N(C)CCOc2ccc(OC)cc2)cc1. The molecule has 0 saturated heterocycles. The monoisotopic (exact) mass is 456 g/mol. The predicted molar refractivity (Wildman–Crippen MR) is 125 cm³/mol. The minimum Gasteiger partial charge on any atom is -0.497 e. The number of ether oxygens (including phenoxy) is 3. The molecule has 3 rings (SSSR count). The summed E-state index contributed by atoms with van der Waals surface area (Å²) in [6, 6.07) is 15.0. The summed E-state index contributed by atoms with van der Waals surface area (Å²) < 4.78 is 18.6. The number of likely N-dealkylation sites (N-methyl/N-ethyl adjacent to an activating group) is 1. The summed E-state index contributed by atoms with van der Waals surface area (Å²) in [4.78, 5) is 14.3. The number of aromatic nitrogens is 3. The van der Waals surface area contributed by atoms with Gasteiger partial charge in [-0.1, -0.05) is 0 Å². The van der Waals surface area contributed by atoms with Gasteiger partial charge in [-0.25, -0.2) is 0 Å². The van der Waals surface area contributed by atoms with Gasteiger partial charge in [0.25, 0.3) is 0 Å². The minimum absolute atomic E-state index is 0.00377. The van der Waals surface area contributed by atoms with Crippen LogP contribution in [0.1, 0.15) is 13.3 Å². The van der Waals surface area contributed by atoms with Crippen molar-refractivity contribution in [1.82, 2.24) is 19.7 Å². The molecule has 32 heavy (non-hydrogen) atoms. The average molecular weight is 457 g/mol. The van der Waals surface area contributed by atoms with E-state index in [1.165, 1.54) is 0 Å². The van der Waals surface area contributed by atoms with E-state index in [2.05, 4.69) is 10.2 Å². The third-order valence-electron chi connectivity index (χ3n) is 4.91. The Bertz CT molecular complexity index is 1060. The van der Waals surface area contributed by atoms with Gasteiger partial charge < -0.3 is 19.1 Å². The Hall–Kier alpha value is -3.33. The Morgan fingerprint density at radius 2 is 1.69 bits per heavy atom. The van der Waals surface area contributed by atoms with Crippen molar-refractivity contribution in [1.29, 1.82) is 0 Å². The second kappa shape index (κ2) is 11.3. The molecule has 0 bridgehead atoms. The van der Waals surface area contributed by atoms with Gasteiger partial charge >= 0.3 is 0 Å². The molecule has 2 aromatic carbocycles. The van der Waals surface area contributed by atoms with E-state index in [1.807, 2.05) is 60.0 Å². The summed E-state index contributed by atoms with van der Waals surface area (Å²) in [7, 11) is 3.38. The number of carbonyl (C=O) groups is 1. The number of rotatable bonds is 11. The van der Waals surface area contributed by atoms with Crippen LogP contribution in [0.5, 0.6) is 17.2 Å². The van der Waals surface area contributed by atoms with E-state index >= 15 is 0 Å². The molecule has 0 spiro atoms. The number of H-pyrrole nitrogens is 1. The molecule has 0 fully saturated rings. The topological polar surface area (TPSA) is 81.6 Å². The van der Waals surface area contributed by atoms with Crippen molar-refractivity contribution >= 4 is 18.1 Å². The number of aromatic amines is 1. The van der Waals surface area contributed by atoms with Gasteiger partial charge in [0.2, 0.25) is 5.91 Å². The van der Waals surface area contributed by atoms with Crippen molar-refractivity contribution in [3.63, 3.8) is 0 Å². The molecule has 1 heterocycles. The van der Waals surface area contributed by atoms with Crippen molar-refractivity contribution in [2.75, 3.05) is 33.9 Å². The molecule has 0 radical (unpaired) electrons. The molecule has 0 aliphatic rings. The highest BCUT2D eigenvalue weighted by Gasteiger charge is 2.13. The largest absolute Gasteiger partial charge is 0.497 e. The number of nitrogens with one attached hydrogen (secondary N) is 1. The van der Waals surface area contributed by atoms with Crippen molar-refractivity contribution in [2.45, 2.75) is 19.9 Å². The molecule has 3 aromatic rings. The molecule has 8 nitrogen and oxygen atoms in total. The standard InChI is InChI=1S/C23H28N4O4S/c1-4-30-19-7-5-17(6-8-19)22-24-25-23(32)27(22)14-13-21(28)26(2)15-16-31-20-11-9-18(29-3)10-12-20/h5-12H,4,13-16H2,1-3H3,(H,25,32). The number of amides is 1. The van der Waals surface area contributed by atoms with Gasteiger partial charge in [-0.3, -0.25) is 14.5 Å². The zero-order valence-corrected chi connectivity index (χ0v) is 19.4. The van der Waals surface area contributed by atoms with Crippen LogP contribution in [-0.2, 0) is 11.3 Å². The summed E-state index contributed by atoms with van der Waals surface area (Å²) in [6.45, 7) is 3.86. The maximum absolute atomic E-state index is 12.6. The van der Waals surface area contributed by atoms with Crippen LogP contribution in [-0.4, -0.2) is 59.5 Å². The molecule has 1 N–H and O–H groups in total. The van der Waals surface area contributed by atoms with Crippen molar-refractivity contribution in [3.8, 4) is 28.6 Å². The van der Waals surface area contributed by atoms with E-state index in [-0.39, 0.29) is 5.91 Å². The predicted octanol–water partition coefficient (Wildman–Crippen LogP) is 3.94. The Balaban J connectivity index is 1.52. The van der Waals surface area contributed by atoms with Crippen molar-refractivity contribution in [2.24, 2.45) is 0 Å². The quantitative estimate of drug-likeness (QED) is 0.440. The van der Waals surface area contributed by atoms with Crippen LogP contribution in [0.25, 0.3) is 11.4 Å². The molecule has 9 heteroatoms. The molecule has 0 aliphatic carbocycles. The number of hydrogen-bond donors (Lipinski definition) is 1. The van der Waals surface area contributed by atoms with Crippen molar-refractivity contribution in [3.05, 3.63) is 53.3 Å². The fourth-order valence-electron chi connectivity index (χ4n) is 3.11. The molecule has 0 aliphatic heterocycles. The van der Waals surface area contributed by atoms with Gasteiger partial charge in [0.15, 0.2) is 10.6 Å². The molecular weight excluding hydrogens is 428 g/mol. The van der Waals surface area contributed by atoms with Crippen LogP contribution >= 0.6 is 12.2 Å². The molecule has 0 atom stereocenters. The first-order chi connectivity index (χ1) is 15.5. The first-order valence-electron chi connectivity index (χ1n) is 10.4. The molecule has 0 unspecified atom stereocenters. The highest BCUT2D eigenvalue weighted by atomic mass is 32.1. The van der Waals surface area contributed by atoms with Crippen LogP contribution in [0.2, 0.25) is 0 Å². The zero-order chi connectivity index (χ0) is 22.9. The lowest BCUT2D eigenvalue weighted by Crippen LogP contribution is -2.31. The van der Waals surface area contributed by atoms with Gasteiger partial charge in [0.05, 0.1) is 20.3 Å². The highest BCUT2D eigenvalue weighted by molar-refractivity contribution is 7.71. The Morgan fingerprint density at radius 1 is 1.06 bits per heavy atom. The summed E-state index contributed by atoms with van der Waals surface area (Å²) in [5.74, 6) is 2.99. The van der Waals surface area contributed by atoms with Crippen LogP contribution in [0.4, 0.5) is 0 Å². The van der Waals surface area contributed by atoms with Crippen LogP contribution in [0.15, 0.2) is 48.5 Å². The first-order valence-corrected chi connectivity index (χ1v) is 10.8. The highest BCUT2D eigenvalue weighted by Crippen LogP contribution is 2.21. The molecular formula is C23H28N4O4S. The summed E-state index contributed by atoms with van der Waals surface area (Å²) in [5, 5.41) is 7.15. The summed E-state index contributed by atoms with van der Waals surface area (Å²) in [6.07, 6.45) is 0.302. The second-order valence-electron chi connectivity index (χ2n) is 7.05. The van der Waals surface area contributed by atoms with Crippen LogP contribution in [0.3, 0.4) is 0 Å². The maximum Gasteiger partial charge on any atom is 0.224 e. The number of carbonyl (C=O) groups excluding carboxylic acids is 1. The van der Waals surface area contributed by atoms with E-state index in [0.717, 1.165) is 22.8 Å². The Morgan fingerprint density at radius 3 is 2.34 bits per heavy atom. The summed E-state index contributed by atoms with van der Waals surface area (Å²) >= 11 is 5.37. The Kier molecular flexibility index (Phi) is 8.27. The molecule has 170 valence electrons. The van der Waals surface area contributed by atoms with Gasteiger partial charge in [-0.2, -0.15) is 5.10 Å². The zero-order valence-electron chi connectivity index (χ0n) is 18.5. The van der Waals surface area contributed by atoms with Crippen LogP contribution < -0.4 is 14.2 Å². The number of methoxy groups -OCH3 is 1. The fraction of sp³-hybridized carbons (Fsp3) is 0.348. The lowest BCUT2D eigenvalue weighted by Gasteiger charge is -2.18. The van der Waals surface area contributed by atoms with E-state index in [0.29, 0.717) is 43.3 Å². The van der Waals surface area contributed by atoms with E-state index < -0.39 is 0 Å². The second-order valence-corrected chi connectivity index (χ2v) is 7.44. The first kappa shape index (κ1) is 23.3. The third-order valence-corrected chi connectivity index (χ3v) is 5.22. The van der Waals surface area contributed by atoms with Crippen molar-refractivity contribution < 1.29 is 19.0 Å². The van der Waals surface area contributed by atoms with E-state index in [1.54, 1.807) is 19.1 Å². The van der Waals surface area contributed by atoms with E-state index in [4.69, 9.17) is 26.4 Å². The summed E-state index contributed by atoms with van der Waals surface area (Å²) in [5.41, 5.74) is 0.898. The molecule has 0 saturated carbocycles. The lowest BCUT2D eigenvalue weighted by atomic mass is 10.2. The maximum atomic E-state index is 12.6. The van der Waals surface area contributed by atoms with Gasteiger partial charge in [0.1, 0.15) is 23.9 Å². The number of nitrogens with zero attached hydrogens (tertiary/aromatic N) is 3. The smallest absolute Gasteiger partial charge is 0.224 e. The molecule has 1 amide bonds.